The zero-order valence-electron chi connectivity index (χ0n) is 13.5. The first kappa shape index (κ1) is 14.7. The van der Waals surface area contributed by atoms with Gasteiger partial charge in [-0.15, -0.1) is 0 Å². The first-order valence-corrected chi connectivity index (χ1v) is 8.11. The van der Waals surface area contributed by atoms with Crippen LogP contribution in [0.25, 0.3) is 5.65 Å². The Labute approximate surface area is 139 Å². The summed E-state index contributed by atoms with van der Waals surface area (Å²) in [5.41, 5.74) is 5.08. The maximum absolute atomic E-state index is 10.6. The van der Waals surface area contributed by atoms with Gasteiger partial charge >= 0.3 is 0 Å². The fraction of sp³-hybridized carbons (Fsp3) is 0.278. The third-order valence-electron chi connectivity index (χ3n) is 4.21. The number of imidazole rings is 1. The summed E-state index contributed by atoms with van der Waals surface area (Å²) in [7, 11) is 0. The van der Waals surface area contributed by atoms with Crippen LogP contribution < -0.4 is 10.6 Å². The molecule has 24 heavy (non-hydrogen) atoms. The average Bonchev–Trinajstić information content (AvgIpc) is 3.32. The van der Waals surface area contributed by atoms with Crippen LogP contribution in [0.5, 0.6) is 0 Å². The van der Waals surface area contributed by atoms with Crippen LogP contribution in [0.4, 0.5) is 11.5 Å². The van der Waals surface area contributed by atoms with Crippen LogP contribution >= 0.6 is 0 Å². The molecule has 0 spiro atoms. The van der Waals surface area contributed by atoms with E-state index in [4.69, 9.17) is 0 Å². The maximum Gasteiger partial charge on any atom is 0.212 e. The summed E-state index contributed by atoms with van der Waals surface area (Å²) in [5, 5.41) is 5.92. The Morgan fingerprint density at radius 2 is 2.12 bits per heavy atom. The van der Waals surface area contributed by atoms with Crippen molar-refractivity contribution in [2.24, 2.45) is 0 Å². The SMILES string of the molecule is Cc1cc(NCc2cn3cc(C4CC4)ccc3n2)cc(NC=O)n1. The van der Waals surface area contributed by atoms with Gasteiger partial charge < -0.3 is 15.0 Å². The molecule has 1 aliphatic carbocycles. The Morgan fingerprint density at radius 1 is 1.25 bits per heavy atom. The molecule has 0 atom stereocenters. The summed E-state index contributed by atoms with van der Waals surface area (Å²) < 4.78 is 2.10. The first-order chi connectivity index (χ1) is 11.7. The molecule has 122 valence electrons. The van der Waals surface area contributed by atoms with Gasteiger partial charge in [-0.1, -0.05) is 6.07 Å². The Balaban J connectivity index is 1.51. The molecule has 0 bridgehead atoms. The highest BCUT2D eigenvalue weighted by Crippen LogP contribution is 2.39. The van der Waals surface area contributed by atoms with Crippen molar-refractivity contribution in [3.05, 3.63) is 53.6 Å². The lowest BCUT2D eigenvalue weighted by atomic mass is 10.2. The second-order valence-corrected chi connectivity index (χ2v) is 6.23. The molecule has 3 heterocycles. The molecule has 3 aromatic rings. The van der Waals surface area contributed by atoms with Crippen LogP contribution in [0.2, 0.25) is 0 Å². The van der Waals surface area contributed by atoms with Crippen molar-refractivity contribution in [2.75, 3.05) is 10.6 Å². The number of hydrogen-bond donors (Lipinski definition) is 2. The number of nitrogens with zero attached hydrogens (tertiary/aromatic N) is 3. The molecular formula is C18H19N5O. The van der Waals surface area contributed by atoms with Crippen molar-refractivity contribution in [3.8, 4) is 0 Å². The molecule has 0 aliphatic heterocycles. The minimum absolute atomic E-state index is 0.538. The summed E-state index contributed by atoms with van der Waals surface area (Å²) in [6.07, 6.45) is 7.48. The number of rotatable bonds is 6. The molecule has 1 amide bonds. The molecule has 0 radical (unpaired) electrons. The van der Waals surface area contributed by atoms with E-state index >= 15 is 0 Å². The van der Waals surface area contributed by atoms with Crippen LogP contribution in [0.1, 0.15) is 35.7 Å². The number of pyridine rings is 2. The summed E-state index contributed by atoms with van der Waals surface area (Å²) >= 11 is 0. The molecular weight excluding hydrogens is 302 g/mol. The molecule has 1 fully saturated rings. The molecule has 6 nitrogen and oxygen atoms in total. The summed E-state index contributed by atoms with van der Waals surface area (Å²) in [6, 6.07) is 8.01. The number of amides is 1. The summed E-state index contributed by atoms with van der Waals surface area (Å²) in [4.78, 5) is 19.5. The van der Waals surface area contributed by atoms with E-state index in [1.165, 1.54) is 18.4 Å². The number of aryl methyl sites for hydroxylation is 1. The highest BCUT2D eigenvalue weighted by Gasteiger charge is 2.23. The normalized spacial score (nSPS) is 13.9. The third-order valence-corrected chi connectivity index (χ3v) is 4.21. The van der Waals surface area contributed by atoms with Crippen molar-refractivity contribution in [1.82, 2.24) is 14.4 Å². The lowest BCUT2D eigenvalue weighted by Gasteiger charge is -2.07. The number of aromatic nitrogens is 3. The van der Waals surface area contributed by atoms with Gasteiger partial charge in [-0.05, 0) is 43.4 Å². The lowest BCUT2D eigenvalue weighted by molar-refractivity contribution is -0.105. The number of anilines is 2. The van der Waals surface area contributed by atoms with Gasteiger partial charge in [0.15, 0.2) is 0 Å². The monoisotopic (exact) mass is 321 g/mol. The van der Waals surface area contributed by atoms with Crippen LogP contribution in [0.3, 0.4) is 0 Å². The van der Waals surface area contributed by atoms with Gasteiger partial charge in [-0.3, -0.25) is 4.79 Å². The zero-order valence-corrected chi connectivity index (χ0v) is 13.5. The van der Waals surface area contributed by atoms with E-state index in [9.17, 15) is 4.79 Å². The molecule has 2 N–H and O–H groups in total. The standard InChI is InChI=1S/C18H19N5O/c1-12-6-15(7-17(21-12)20-11-24)19-8-16-10-23-9-14(13-2-3-13)4-5-18(23)22-16/h4-7,9-11,13H,2-3,8H2,1H3,(H2,19,20,21,24). The Kier molecular flexibility index (Phi) is 3.65. The van der Waals surface area contributed by atoms with Gasteiger partial charge in [0.25, 0.3) is 0 Å². The second kappa shape index (κ2) is 5.96. The van der Waals surface area contributed by atoms with E-state index in [2.05, 4.69) is 49.5 Å². The van der Waals surface area contributed by atoms with Gasteiger partial charge in [0.1, 0.15) is 11.5 Å². The van der Waals surface area contributed by atoms with E-state index < -0.39 is 0 Å². The smallest absolute Gasteiger partial charge is 0.212 e. The van der Waals surface area contributed by atoms with Crippen molar-refractivity contribution in [2.45, 2.75) is 32.2 Å². The summed E-state index contributed by atoms with van der Waals surface area (Å²) in [6.45, 7) is 2.51. The zero-order chi connectivity index (χ0) is 16.5. The number of hydrogen-bond acceptors (Lipinski definition) is 4. The van der Waals surface area contributed by atoms with Crippen molar-refractivity contribution in [3.63, 3.8) is 0 Å². The Hall–Kier alpha value is -2.89. The van der Waals surface area contributed by atoms with Crippen molar-refractivity contribution in [1.29, 1.82) is 0 Å². The fourth-order valence-electron chi connectivity index (χ4n) is 2.90. The molecule has 1 aliphatic rings. The van der Waals surface area contributed by atoms with Crippen LogP contribution in [0, 0.1) is 6.92 Å². The maximum atomic E-state index is 10.6. The second-order valence-electron chi connectivity index (χ2n) is 6.23. The first-order valence-electron chi connectivity index (χ1n) is 8.11. The minimum Gasteiger partial charge on any atom is -0.379 e. The molecule has 4 rings (SSSR count). The molecule has 3 aromatic heterocycles. The quantitative estimate of drug-likeness (QED) is 0.684. The lowest BCUT2D eigenvalue weighted by Crippen LogP contribution is -2.03. The van der Waals surface area contributed by atoms with Gasteiger partial charge in [0, 0.05) is 29.8 Å². The Morgan fingerprint density at radius 3 is 2.92 bits per heavy atom. The number of fused-ring (bicyclic) bond motifs is 1. The largest absolute Gasteiger partial charge is 0.379 e. The minimum atomic E-state index is 0.538. The summed E-state index contributed by atoms with van der Waals surface area (Å²) in [5.74, 6) is 1.28. The van der Waals surface area contributed by atoms with Gasteiger partial charge in [0.05, 0.1) is 12.2 Å². The molecule has 6 heteroatoms. The highest BCUT2D eigenvalue weighted by atomic mass is 16.1. The van der Waals surface area contributed by atoms with E-state index in [1.807, 2.05) is 19.1 Å². The van der Waals surface area contributed by atoms with E-state index in [0.717, 1.165) is 28.6 Å². The van der Waals surface area contributed by atoms with Gasteiger partial charge in [-0.2, -0.15) is 0 Å². The molecule has 1 saturated carbocycles. The Bertz CT molecular complexity index is 898. The van der Waals surface area contributed by atoms with E-state index in [1.54, 1.807) is 0 Å². The van der Waals surface area contributed by atoms with Crippen molar-refractivity contribution >= 4 is 23.6 Å². The van der Waals surface area contributed by atoms with Crippen LogP contribution in [-0.4, -0.2) is 20.8 Å². The van der Waals surface area contributed by atoms with Crippen LogP contribution in [-0.2, 0) is 11.3 Å². The van der Waals surface area contributed by atoms with E-state index in [0.29, 0.717) is 18.8 Å². The predicted molar refractivity (Wildman–Crippen MR) is 93.2 cm³/mol. The number of nitrogens with one attached hydrogen (secondary N) is 2. The highest BCUT2D eigenvalue weighted by molar-refractivity contribution is 5.71. The number of carbonyl (C=O) groups excluding carboxylic acids is 1. The third kappa shape index (κ3) is 3.08. The predicted octanol–water partition coefficient (Wildman–Crippen LogP) is 3.10. The van der Waals surface area contributed by atoms with Crippen LogP contribution in [0.15, 0.2) is 36.7 Å². The topological polar surface area (TPSA) is 71.3 Å². The number of carbonyl (C=O) groups is 1. The van der Waals surface area contributed by atoms with Crippen molar-refractivity contribution < 1.29 is 4.79 Å². The van der Waals surface area contributed by atoms with E-state index in [-0.39, 0.29) is 0 Å². The molecule has 0 unspecified atom stereocenters. The van der Waals surface area contributed by atoms with Gasteiger partial charge in [0.2, 0.25) is 6.41 Å². The van der Waals surface area contributed by atoms with Gasteiger partial charge in [-0.25, -0.2) is 9.97 Å². The fourth-order valence-corrected chi connectivity index (χ4v) is 2.90. The molecule has 0 aromatic carbocycles. The molecule has 0 saturated heterocycles. The average molecular weight is 321 g/mol.